The molecule has 3 heteroatoms. The van der Waals surface area contributed by atoms with Crippen LogP contribution in [0.15, 0.2) is 0 Å². The molecule has 0 fully saturated rings. The lowest BCUT2D eigenvalue weighted by molar-refractivity contribution is 0.0463. The number of nitrogens with one attached hydrogen (secondary N) is 1. The average Bonchev–Trinajstić information content (AvgIpc) is 2.24. The van der Waals surface area contributed by atoms with Gasteiger partial charge in [-0.2, -0.15) is 0 Å². The maximum Gasteiger partial charge on any atom is 0.0701 e. The summed E-state index contributed by atoms with van der Waals surface area (Å²) in [7, 11) is 0. The fourth-order valence-electron chi connectivity index (χ4n) is 1.52. The van der Waals surface area contributed by atoms with E-state index in [1.165, 1.54) is 6.42 Å². The van der Waals surface area contributed by atoms with Crippen molar-refractivity contribution in [2.45, 2.75) is 47.5 Å². The van der Waals surface area contributed by atoms with E-state index in [1.807, 2.05) is 0 Å². The molecular weight excluding hydrogens is 226 g/mol. The van der Waals surface area contributed by atoms with Gasteiger partial charge in [0.15, 0.2) is 0 Å². The van der Waals surface area contributed by atoms with E-state index in [0.29, 0.717) is 12.0 Å². The lowest BCUT2D eigenvalue weighted by atomic mass is 9.97. The van der Waals surface area contributed by atoms with E-state index >= 15 is 0 Å². The van der Waals surface area contributed by atoms with Crippen molar-refractivity contribution in [1.29, 1.82) is 0 Å². The van der Waals surface area contributed by atoms with Crippen LogP contribution in [0.3, 0.4) is 0 Å². The second-order valence-electron chi connectivity index (χ2n) is 6.50. The standard InChI is InChI=1S/C15H33NO2/c1-14(2)7-6-9-17-11-12-18-10-8-16-13-15(3,4)5/h14,16H,6-13H2,1-5H3. The van der Waals surface area contributed by atoms with Crippen molar-refractivity contribution in [2.75, 3.05) is 39.5 Å². The topological polar surface area (TPSA) is 30.5 Å². The lowest BCUT2D eigenvalue weighted by Gasteiger charge is -2.18. The third-order valence-electron chi connectivity index (χ3n) is 2.52. The van der Waals surface area contributed by atoms with E-state index < -0.39 is 0 Å². The molecule has 0 atom stereocenters. The predicted molar refractivity (Wildman–Crippen MR) is 78.0 cm³/mol. The first-order valence-corrected chi connectivity index (χ1v) is 7.28. The van der Waals surface area contributed by atoms with Gasteiger partial charge >= 0.3 is 0 Å². The van der Waals surface area contributed by atoms with E-state index in [4.69, 9.17) is 9.47 Å². The highest BCUT2D eigenvalue weighted by molar-refractivity contribution is 4.64. The van der Waals surface area contributed by atoms with Gasteiger partial charge in [0.05, 0.1) is 19.8 Å². The average molecular weight is 259 g/mol. The van der Waals surface area contributed by atoms with Crippen LogP contribution >= 0.6 is 0 Å². The van der Waals surface area contributed by atoms with Crippen molar-refractivity contribution < 1.29 is 9.47 Å². The molecule has 0 aromatic heterocycles. The van der Waals surface area contributed by atoms with Gasteiger partial charge in [-0.05, 0) is 24.2 Å². The Labute approximate surface area is 114 Å². The summed E-state index contributed by atoms with van der Waals surface area (Å²) < 4.78 is 11.0. The zero-order valence-electron chi connectivity index (χ0n) is 13.1. The first-order valence-electron chi connectivity index (χ1n) is 7.28. The molecular formula is C15H33NO2. The largest absolute Gasteiger partial charge is 0.379 e. The number of ether oxygens (including phenoxy) is 2. The van der Waals surface area contributed by atoms with E-state index in [2.05, 4.69) is 39.9 Å². The van der Waals surface area contributed by atoms with Crippen LogP contribution in [0.4, 0.5) is 0 Å². The minimum absolute atomic E-state index is 0.347. The van der Waals surface area contributed by atoms with Crippen molar-refractivity contribution in [3.8, 4) is 0 Å². The van der Waals surface area contributed by atoms with Gasteiger partial charge in [0.25, 0.3) is 0 Å². The maximum atomic E-state index is 5.50. The van der Waals surface area contributed by atoms with Crippen LogP contribution in [0.5, 0.6) is 0 Å². The molecule has 0 rings (SSSR count). The first-order chi connectivity index (χ1) is 8.42. The summed E-state index contributed by atoms with van der Waals surface area (Å²) in [6.45, 7) is 16.2. The van der Waals surface area contributed by atoms with Gasteiger partial charge < -0.3 is 14.8 Å². The minimum atomic E-state index is 0.347. The molecule has 0 saturated carbocycles. The summed E-state index contributed by atoms with van der Waals surface area (Å²) >= 11 is 0. The Kier molecular flexibility index (Phi) is 10.7. The maximum absolute atomic E-state index is 5.50. The summed E-state index contributed by atoms with van der Waals surface area (Å²) in [6.07, 6.45) is 2.41. The van der Waals surface area contributed by atoms with Crippen molar-refractivity contribution >= 4 is 0 Å². The van der Waals surface area contributed by atoms with Gasteiger partial charge in [-0.3, -0.25) is 0 Å². The normalized spacial score (nSPS) is 12.3. The third-order valence-corrected chi connectivity index (χ3v) is 2.52. The molecule has 0 radical (unpaired) electrons. The molecule has 3 nitrogen and oxygen atoms in total. The second kappa shape index (κ2) is 10.8. The summed E-state index contributed by atoms with van der Waals surface area (Å²) in [5.41, 5.74) is 0.347. The molecule has 0 heterocycles. The van der Waals surface area contributed by atoms with Crippen molar-refractivity contribution in [1.82, 2.24) is 5.32 Å². The zero-order chi connectivity index (χ0) is 13.9. The highest BCUT2D eigenvalue weighted by Crippen LogP contribution is 2.09. The minimum Gasteiger partial charge on any atom is -0.379 e. The summed E-state index contributed by atoms with van der Waals surface area (Å²) in [6, 6.07) is 0. The molecule has 0 unspecified atom stereocenters. The Morgan fingerprint density at radius 1 is 0.944 bits per heavy atom. The second-order valence-corrected chi connectivity index (χ2v) is 6.50. The monoisotopic (exact) mass is 259 g/mol. The Hall–Kier alpha value is -0.120. The molecule has 18 heavy (non-hydrogen) atoms. The molecule has 1 N–H and O–H groups in total. The van der Waals surface area contributed by atoms with Crippen LogP contribution < -0.4 is 5.32 Å². The zero-order valence-corrected chi connectivity index (χ0v) is 13.1. The molecule has 0 aliphatic carbocycles. The molecule has 0 aromatic carbocycles. The van der Waals surface area contributed by atoms with Crippen LogP contribution in [0, 0.1) is 11.3 Å². The molecule has 0 aliphatic rings. The van der Waals surface area contributed by atoms with Crippen LogP contribution in [0.1, 0.15) is 47.5 Å². The predicted octanol–water partition coefficient (Wildman–Crippen LogP) is 3.09. The quantitative estimate of drug-likeness (QED) is 0.578. The van der Waals surface area contributed by atoms with Crippen LogP contribution in [0.2, 0.25) is 0 Å². The Bertz CT molecular complexity index is 176. The molecule has 0 saturated heterocycles. The van der Waals surface area contributed by atoms with E-state index in [-0.39, 0.29) is 0 Å². The first kappa shape index (κ1) is 17.9. The number of rotatable bonds is 11. The van der Waals surface area contributed by atoms with Crippen molar-refractivity contribution in [2.24, 2.45) is 11.3 Å². The van der Waals surface area contributed by atoms with Gasteiger partial charge in [-0.15, -0.1) is 0 Å². The lowest BCUT2D eigenvalue weighted by Crippen LogP contribution is -2.29. The molecule has 110 valence electrons. The van der Waals surface area contributed by atoms with E-state index in [9.17, 15) is 0 Å². The van der Waals surface area contributed by atoms with Gasteiger partial charge in [-0.1, -0.05) is 34.6 Å². The molecule has 0 amide bonds. The Morgan fingerprint density at radius 2 is 1.56 bits per heavy atom. The molecule has 0 aliphatic heterocycles. The van der Waals surface area contributed by atoms with Crippen LogP contribution in [-0.4, -0.2) is 39.5 Å². The van der Waals surface area contributed by atoms with Crippen molar-refractivity contribution in [3.05, 3.63) is 0 Å². The van der Waals surface area contributed by atoms with Crippen LogP contribution in [0.25, 0.3) is 0 Å². The number of hydrogen-bond donors (Lipinski definition) is 1. The Balaban J connectivity index is 3.04. The van der Waals surface area contributed by atoms with E-state index in [0.717, 1.165) is 45.2 Å². The van der Waals surface area contributed by atoms with E-state index in [1.54, 1.807) is 0 Å². The Morgan fingerprint density at radius 3 is 2.11 bits per heavy atom. The van der Waals surface area contributed by atoms with Gasteiger partial charge in [-0.25, -0.2) is 0 Å². The smallest absolute Gasteiger partial charge is 0.0701 e. The van der Waals surface area contributed by atoms with Crippen molar-refractivity contribution in [3.63, 3.8) is 0 Å². The van der Waals surface area contributed by atoms with Gasteiger partial charge in [0, 0.05) is 19.7 Å². The fraction of sp³-hybridized carbons (Fsp3) is 1.00. The third kappa shape index (κ3) is 15.9. The SMILES string of the molecule is CC(C)CCCOCCOCCNCC(C)(C)C. The van der Waals surface area contributed by atoms with Gasteiger partial charge in [0.2, 0.25) is 0 Å². The fourth-order valence-corrected chi connectivity index (χ4v) is 1.52. The van der Waals surface area contributed by atoms with Gasteiger partial charge in [0.1, 0.15) is 0 Å². The molecule has 0 spiro atoms. The summed E-state index contributed by atoms with van der Waals surface area (Å²) in [4.78, 5) is 0. The summed E-state index contributed by atoms with van der Waals surface area (Å²) in [5, 5.41) is 3.38. The highest BCUT2D eigenvalue weighted by Gasteiger charge is 2.07. The summed E-state index contributed by atoms with van der Waals surface area (Å²) in [5.74, 6) is 0.777. The molecule has 0 aromatic rings. The molecule has 0 bridgehead atoms. The number of hydrogen-bond acceptors (Lipinski definition) is 3. The highest BCUT2D eigenvalue weighted by atomic mass is 16.5. The van der Waals surface area contributed by atoms with Crippen LogP contribution in [-0.2, 0) is 9.47 Å².